The molecule has 0 aliphatic rings. The number of aromatic hydroxyl groups is 1. The predicted molar refractivity (Wildman–Crippen MR) is 72.7 cm³/mol. The lowest BCUT2D eigenvalue weighted by molar-refractivity contribution is 0.0951. The number of aliphatic hydroxyl groups is 1. The lowest BCUT2D eigenvalue weighted by Crippen LogP contribution is -2.34. The van der Waals surface area contributed by atoms with Crippen molar-refractivity contribution < 1.29 is 15.0 Å². The van der Waals surface area contributed by atoms with Gasteiger partial charge in [-0.1, -0.05) is 15.9 Å². The van der Waals surface area contributed by atoms with Crippen LogP contribution >= 0.6 is 15.9 Å². The monoisotopic (exact) mass is 316 g/mol. The quantitative estimate of drug-likeness (QED) is 0.587. The SMILES string of the molecule is CC(O)CNCCNC(=O)c1ccc(Br)cc1O. The Labute approximate surface area is 114 Å². The maximum Gasteiger partial charge on any atom is 0.255 e. The van der Waals surface area contributed by atoms with E-state index >= 15 is 0 Å². The molecule has 6 heteroatoms. The minimum Gasteiger partial charge on any atom is -0.507 e. The number of carbonyl (C=O) groups is 1. The van der Waals surface area contributed by atoms with Gasteiger partial charge in [-0.15, -0.1) is 0 Å². The Kier molecular flexibility index (Phi) is 6.11. The summed E-state index contributed by atoms with van der Waals surface area (Å²) in [5.41, 5.74) is 0.244. The van der Waals surface area contributed by atoms with Gasteiger partial charge in [-0.3, -0.25) is 4.79 Å². The first-order valence-electron chi connectivity index (χ1n) is 5.66. The first-order valence-corrected chi connectivity index (χ1v) is 6.45. The highest BCUT2D eigenvalue weighted by molar-refractivity contribution is 9.10. The van der Waals surface area contributed by atoms with Crippen LogP contribution in [0.4, 0.5) is 0 Å². The van der Waals surface area contributed by atoms with Gasteiger partial charge in [0.1, 0.15) is 5.75 Å². The molecule has 0 aliphatic heterocycles. The number of benzene rings is 1. The van der Waals surface area contributed by atoms with E-state index < -0.39 is 6.10 Å². The fourth-order valence-corrected chi connectivity index (χ4v) is 1.72. The van der Waals surface area contributed by atoms with Crippen molar-refractivity contribution >= 4 is 21.8 Å². The predicted octanol–water partition coefficient (Wildman–Crippen LogP) is 0.855. The fraction of sp³-hybridized carbons (Fsp3) is 0.417. The second kappa shape index (κ2) is 7.35. The summed E-state index contributed by atoms with van der Waals surface area (Å²) >= 11 is 3.21. The van der Waals surface area contributed by atoms with Gasteiger partial charge in [-0.2, -0.15) is 0 Å². The van der Waals surface area contributed by atoms with E-state index in [0.717, 1.165) is 4.47 Å². The molecule has 0 saturated carbocycles. The van der Waals surface area contributed by atoms with Crippen LogP contribution in [0.15, 0.2) is 22.7 Å². The number of halogens is 1. The van der Waals surface area contributed by atoms with Crippen molar-refractivity contribution in [1.29, 1.82) is 0 Å². The number of phenols is 1. The van der Waals surface area contributed by atoms with E-state index in [1.807, 2.05) is 0 Å². The fourth-order valence-electron chi connectivity index (χ4n) is 1.37. The van der Waals surface area contributed by atoms with Crippen molar-refractivity contribution in [1.82, 2.24) is 10.6 Å². The molecule has 0 heterocycles. The summed E-state index contributed by atoms with van der Waals surface area (Å²) in [5, 5.41) is 24.3. The average Bonchev–Trinajstić information content (AvgIpc) is 2.27. The summed E-state index contributed by atoms with van der Waals surface area (Å²) in [5.74, 6) is -0.377. The number of aliphatic hydroxyl groups excluding tert-OH is 1. The zero-order chi connectivity index (χ0) is 13.5. The van der Waals surface area contributed by atoms with Crippen LogP contribution in [-0.4, -0.2) is 41.9 Å². The third-order valence-electron chi connectivity index (χ3n) is 2.23. The standard InChI is InChI=1S/C12H17BrN2O3/c1-8(16)7-14-4-5-15-12(18)10-3-2-9(13)6-11(10)17/h2-3,6,8,14,16-17H,4-5,7H2,1H3,(H,15,18). The molecule has 1 atom stereocenters. The van der Waals surface area contributed by atoms with Crippen LogP contribution in [0.5, 0.6) is 5.75 Å². The second-order valence-electron chi connectivity index (χ2n) is 3.97. The van der Waals surface area contributed by atoms with Crippen molar-refractivity contribution in [3.8, 4) is 5.75 Å². The molecule has 0 aromatic heterocycles. The average molecular weight is 317 g/mol. The molecule has 1 rings (SSSR count). The zero-order valence-electron chi connectivity index (χ0n) is 10.1. The van der Waals surface area contributed by atoms with Crippen LogP contribution < -0.4 is 10.6 Å². The van der Waals surface area contributed by atoms with Gasteiger partial charge in [-0.25, -0.2) is 0 Å². The van der Waals surface area contributed by atoms with Crippen molar-refractivity contribution in [3.05, 3.63) is 28.2 Å². The third kappa shape index (κ3) is 5.03. The molecule has 18 heavy (non-hydrogen) atoms. The summed E-state index contributed by atoms with van der Waals surface area (Å²) in [4.78, 5) is 11.7. The van der Waals surface area contributed by atoms with Gasteiger partial charge in [0.15, 0.2) is 0 Å². The summed E-state index contributed by atoms with van der Waals surface area (Å²) < 4.78 is 0.718. The molecule has 0 radical (unpaired) electrons. The summed E-state index contributed by atoms with van der Waals surface area (Å²) in [6.45, 7) is 3.17. The van der Waals surface area contributed by atoms with E-state index in [-0.39, 0.29) is 17.2 Å². The van der Waals surface area contributed by atoms with Gasteiger partial charge < -0.3 is 20.8 Å². The minimum atomic E-state index is -0.406. The lowest BCUT2D eigenvalue weighted by Gasteiger charge is -2.09. The Morgan fingerprint density at radius 1 is 1.44 bits per heavy atom. The Balaban J connectivity index is 2.36. The van der Waals surface area contributed by atoms with Crippen LogP contribution in [-0.2, 0) is 0 Å². The van der Waals surface area contributed by atoms with E-state index in [1.54, 1.807) is 19.1 Å². The highest BCUT2D eigenvalue weighted by Gasteiger charge is 2.10. The van der Waals surface area contributed by atoms with E-state index in [0.29, 0.717) is 19.6 Å². The van der Waals surface area contributed by atoms with Crippen molar-refractivity contribution in [2.45, 2.75) is 13.0 Å². The molecule has 1 amide bonds. The minimum absolute atomic E-state index is 0.0567. The Morgan fingerprint density at radius 2 is 2.17 bits per heavy atom. The third-order valence-corrected chi connectivity index (χ3v) is 2.72. The Bertz CT molecular complexity index is 410. The maximum absolute atomic E-state index is 11.7. The summed E-state index contributed by atoms with van der Waals surface area (Å²) in [6.07, 6.45) is -0.406. The van der Waals surface area contributed by atoms with Crippen LogP contribution in [0.3, 0.4) is 0 Å². The number of hydrogen-bond donors (Lipinski definition) is 4. The molecule has 5 nitrogen and oxygen atoms in total. The smallest absolute Gasteiger partial charge is 0.255 e. The Hall–Kier alpha value is -1.11. The van der Waals surface area contributed by atoms with Gasteiger partial charge in [0.2, 0.25) is 0 Å². The normalized spacial score (nSPS) is 12.2. The number of hydrogen-bond acceptors (Lipinski definition) is 4. The lowest BCUT2D eigenvalue weighted by atomic mass is 10.2. The molecule has 0 bridgehead atoms. The highest BCUT2D eigenvalue weighted by Crippen LogP contribution is 2.21. The summed E-state index contributed by atoms with van der Waals surface area (Å²) in [7, 11) is 0. The number of amides is 1. The van der Waals surface area contributed by atoms with E-state index in [1.165, 1.54) is 6.07 Å². The molecule has 0 aliphatic carbocycles. The van der Waals surface area contributed by atoms with Crippen LogP contribution in [0.25, 0.3) is 0 Å². The molecule has 0 fully saturated rings. The molecular weight excluding hydrogens is 300 g/mol. The number of phenolic OH excluding ortho intramolecular Hbond substituents is 1. The van der Waals surface area contributed by atoms with Crippen LogP contribution in [0.2, 0.25) is 0 Å². The highest BCUT2D eigenvalue weighted by atomic mass is 79.9. The second-order valence-corrected chi connectivity index (χ2v) is 4.89. The number of rotatable bonds is 6. The topological polar surface area (TPSA) is 81.6 Å². The number of nitrogens with one attached hydrogen (secondary N) is 2. The van der Waals surface area contributed by atoms with Crippen molar-refractivity contribution in [3.63, 3.8) is 0 Å². The van der Waals surface area contributed by atoms with Gasteiger partial charge in [0.25, 0.3) is 5.91 Å². The largest absolute Gasteiger partial charge is 0.507 e. The molecular formula is C12H17BrN2O3. The van der Waals surface area contributed by atoms with Gasteiger partial charge in [0.05, 0.1) is 11.7 Å². The van der Waals surface area contributed by atoms with Crippen LogP contribution in [0.1, 0.15) is 17.3 Å². The molecule has 0 spiro atoms. The number of carbonyl (C=O) groups excluding carboxylic acids is 1. The van der Waals surface area contributed by atoms with E-state index in [2.05, 4.69) is 26.6 Å². The maximum atomic E-state index is 11.7. The molecule has 1 unspecified atom stereocenters. The van der Waals surface area contributed by atoms with E-state index in [4.69, 9.17) is 5.11 Å². The van der Waals surface area contributed by atoms with Crippen LogP contribution in [0, 0.1) is 0 Å². The Morgan fingerprint density at radius 3 is 2.78 bits per heavy atom. The molecule has 0 saturated heterocycles. The molecule has 100 valence electrons. The van der Waals surface area contributed by atoms with Crippen molar-refractivity contribution in [2.75, 3.05) is 19.6 Å². The summed E-state index contributed by atoms with van der Waals surface area (Å²) in [6, 6.07) is 4.72. The molecule has 4 N–H and O–H groups in total. The van der Waals surface area contributed by atoms with E-state index in [9.17, 15) is 9.90 Å². The first-order chi connectivity index (χ1) is 8.50. The zero-order valence-corrected chi connectivity index (χ0v) is 11.7. The van der Waals surface area contributed by atoms with Gasteiger partial charge in [-0.05, 0) is 25.1 Å². The molecule has 1 aromatic carbocycles. The van der Waals surface area contributed by atoms with Gasteiger partial charge in [0, 0.05) is 24.1 Å². The first kappa shape index (κ1) is 14.9. The van der Waals surface area contributed by atoms with Crippen molar-refractivity contribution in [2.24, 2.45) is 0 Å². The molecule has 1 aromatic rings. The van der Waals surface area contributed by atoms with Gasteiger partial charge >= 0.3 is 0 Å².